The van der Waals surface area contributed by atoms with E-state index in [0.29, 0.717) is 17.8 Å². The lowest BCUT2D eigenvalue weighted by molar-refractivity contribution is 0.0990. The summed E-state index contributed by atoms with van der Waals surface area (Å²) in [6.07, 6.45) is 2.76. The topological polar surface area (TPSA) is 81.5 Å². The zero-order valence-electron chi connectivity index (χ0n) is 15.8. The largest absolute Gasteiger partial charge is 0.295 e. The van der Waals surface area contributed by atoms with E-state index in [1.165, 1.54) is 29.2 Å². The Hall–Kier alpha value is -2.69. The van der Waals surface area contributed by atoms with Crippen molar-refractivity contribution in [3.05, 3.63) is 60.2 Å². The molecule has 0 unspecified atom stereocenters. The number of hydrogen-bond acceptors (Lipinski definition) is 4. The number of amides is 1. The van der Waals surface area contributed by atoms with Crippen molar-refractivity contribution < 1.29 is 13.2 Å². The molecule has 1 saturated heterocycles. The smallest absolute Gasteiger partial charge is 0.259 e. The quantitative estimate of drug-likeness (QED) is 0.724. The van der Waals surface area contributed by atoms with Gasteiger partial charge in [0.25, 0.3) is 5.91 Å². The maximum Gasteiger partial charge on any atom is 0.259 e. The van der Waals surface area contributed by atoms with Gasteiger partial charge in [-0.2, -0.15) is 9.57 Å². The van der Waals surface area contributed by atoms with Crippen molar-refractivity contribution in [1.29, 1.82) is 5.26 Å². The molecule has 0 spiro atoms. The summed E-state index contributed by atoms with van der Waals surface area (Å²) in [5.41, 5.74) is 0.956. The van der Waals surface area contributed by atoms with Gasteiger partial charge in [-0.05, 0) is 56.2 Å². The van der Waals surface area contributed by atoms with E-state index in [9.17, 15) is 13.2 Å². The Morgan fingerprint density at radius 2 is 1.82 bits per heavy atom. The monoisotopic (exact) mass is 397 g/mol. The van der Waals surface area contributed by atoms with Crippen LogP contribution in [0.2, 0.25) is 0 Å². The number of piperidine rings is 1. The molecule has 1 atom stereocenters. The average molecular weight is 398 g/mol. The van der Waals surface area contributed by atoms with Crippen LogP contribution in [0, 0.1) is 11.3 Å². The van der Waals surface area contributed by atoms with Gasteiger partial charge in [-0.25, -0.2) is 8.42 Å². The van der Waals surface area contributed by atoms with Crippen LogP contribution < -0.4 is 4.90 Å². The summed E-state index contributed by atoms with van der Waals surface area (Å²) >= 11 is 0. The average Bonchev–Trinajstić information content (AvgIpc) is 2.72. The lowest BCUT2D eigenvalue weighted by Crippen LogP contribution is -2.41. The summed E-state index contributed by atoms with van der Waals surface area (Å²) in [5, 5.41) is 9.08. The van der Waals surface area contributed by atoms with Gasteiger partial charge in [0, 0.05) is 23.8 Å². The molecule has 0 aliphatic carbocycles. The molecule has 2 aromatic rings. The Labute approximate surface area is 166 Å². The minimum atomic E-state index is -3.58. The minimum absolute atomic E-state index is 0.0238. The lowest BCUT2D eigenvalue weighted by Gasteiger charge is -2.32. The summed E-state index contributed by atoms with van der Waals surface area (Å²) < 4.78 is 27.4. The molecule has 0 bridgehead atoms. The van der Waals surface area contributed by atoms with Gasteiger partial charge in [-0.1, -0.05) is 24.6 Å². The van der Waals surface area contributed by atoms with Gasteiger partial charge in [0.05, 0.1) is 11.0 Å². The van der Waals surface area contributed by atoms with E-state index >= 15 is 0 Å². The highest BCUT2D eigenvalue weighted by Crippen LogP contribution is 2.25. The molecule has 1 amide bonds. The summed E-state index contributed by atoms with van der Waals surface area (Å²) in [6.45, 7) is 2.36. The van der Waals surface area contributed by atoms with Gasteiger partial charge < -0.3 is 0 Å². The van der Waals surface area contributed by atoms with Crippen LogP contribution in [-0.4, -0.2) is 37.8 Å². The molecule has 0 N–H and O–H groups in total. The van der Waals surface area contributed by atoms with Crippen molar-refractivity contribution in [3.8, 4) is 6.07 Å². The first-order chi connectivity index (χ1) is 13.4. The number of anilines is 1. The molecular weight excluding hydrogens is 374 g/mol. The Kier molecular flexibility index (Phi) is 6.12. The van der Waals surface area contributed by atoms with Crippen molar-refractivity contribution in [2.24, 2.45) is 0 Å². The third-order valence-electron chi connectivity index (χ3n) is 4.99. The Balaban J connectivity index is 1.85. The van der Waals surface area contributed by atoms with Crippen molar-refractivity contribution in [2.45, 2.75) is 37.1 Å². The summed E-state index contributed by atoms with van der Waals surface area (Å²) in [4.78, 5) is 14.4. The molecular formula is C21H23N3O3S. The normalized spacial score (nSPS) is 17.6. The van der Waals surface area contributed by atoms with E-state index in [1.807, 2.05) is 19.1 Å². The first-order valence-corrected chi connectivity index (χ1v) is 10.7. The number of carbonyl (C=O) groups is 1. The number of nitrogens with zero attached hydrogens (tertiary/aromatic N) is 3. The SMILES string of the molecule is C[C@@H]1CCCCN1S(=O)(=O)c1ccc(C(=O)N(CC#N)c2ccccc2)cc1. The molecule has 0 aromatic heterocycles. The molecule has 1 aliphatic rings. The number of sulfonamides is 1. The second-order valence-corrected chi connectivity index (χ2v) is 8.76. The van der Waals surface area contributed by atoms with Gasteiger partial charge >= 0.3 is 0 Å². The minimum Gasteiger partial charge on any atom is -0.295 e. The predicted molar refractivity (Wildman–Crippen MR) is 107 cm³/mol. The van der Waals surface area contributed by atoms with Crippen molar-refractivity contribution >= 4 is 21.6 Å². The molecule has 7 heteroatoms. The number of hydrogen-bond donors (Lipinski definition) is 0. The second kappa shape index (κ2) is 8.55. The Morgan fingerprint density at radius 1 is 1.14 bits per heavy atom. The predicted octanol–water partition coefficient (Wildman–Crippen LogP) is 3.42. The molecule has 0 radical (unpaired) electrons. The zero-order chi connectivity index (χ0) is 20.1. The number of benzene rings is 2. The highest BCUT2D eigenvalue weighted by atomic mass is 32.2. The lowest BCUT2D eigenvalue weighted by atomic mass is 10.1. The van der Waals surface area contributed by atoms with Crippen molar-refractivity contribution in [3.63, 3.8) is 0 Å². The van der Waals surface area contributed by atoms with Crippen LogP contribution in [0.25, 0.3) is 0 Å². The van der Waals surface area contributed by atoms with E-state index < -0.39 is 10.0 Å². The molecule has 1 aliphatic heterocycles. The summed E-state index contributed by atoms with van der Waals surface area (Å²) in [5.74, 6) is -0.344. The standard InChI is InChI=1S/C21H23N3O3S/c1-17-7-5-6-15-24(17)28(26,27)20-12-10-18(11-13-20)21(25)23(16-14-22)19-8-3-2-4-9-19/h2-4,8-13,17H,5-7,15-16H2,1H3/t17-/m1/s1. The highest BCUT2D eigenvalue weighted by molar-refractivity contribution is 7.89. The van der Waals surface area contributed by atoms with Gasteiger partial charge in [0.15, 0.2) is 0 Å². The fourth-order valence-corrected chi connectivity index (χ4v) is 5.15. The number of carbonyl (C=O) groups excluding carboxylic acids is 1. The fraction of sp³-hybridized carbons (Fsp3) is 0.333. The number of nitriles is 1. The van der Waals surface area contributed by atoms with E-state index in [-0.39, 0.29) is 23.4 Å². The van der Waals surface area contributed by atoms with Gasteiger partial charge in [-0.3, -0.25) is 9.69 Å². The Morgan fingerprint density at radius 3 is 2.43 bits per heavy atom. The summed E-state index contributed by atoms with van der Waals surface area (Å²) in [6, 6.07) is 16.9. The van der Waals surface area contributed by atoms with Gasteiger partial charge in [0.1, 0.15) is 6.54 Å². The van der Waals surface area contributed by atoms with Crippen LogP contribution in [0.1, 0.15) is 36.5 Å². The number of para-hydroxylation sites is 1. The molecule has 146 valence electrons. The van der Waals surface area contributed by atoms with Crippen LogP contribution in [-0.2, 0) is 10.0 Å². The van der Waals surface area contributed by atoms with Crippen molar-refractivity contribution in [2.75, 3.05) is 18.0 Å². The molecule has 6 nitrogen and oxygen atoms in total. The van der Waals surface area contributed by atoms with E-state index in [4.69, 9.17) is 5.26 Å². The maximum absolute atomic E-state index is 12.9. The fourth-order valence-electron chi connectivity index (χ4n) is 3.45. The third-order valence-corrected chi connectivity index (χ3v) is 7.02. The third kappa shape index (κ3) is 4.08. The molecule has 1 heterocycles. The second-order valence-electron chi connectivity index (χ2n) is 6.87. The maximum atomic E-state index is 12.9. The molecule has 3 rings (SSSR count). The Bertz CT molecular complexity index is 966. The van der Waals surface area contributed by atoms with Crippen LogP contribution >= 0.6 is 0 Å². The van der Waals surface area contributed by atoms with E-state index in [0.717, 1.165) is 19.3 Å². The molecule has 0 saturated carbocycles. The highest BCUT2D eigenvalue weighted by Gasteiger charge is 2.31. The van der Waals surface area contributed by atoms with Crippen LogP contribution in [0.3, 0.4) is 0 Å². The van der Waals surface area contributed by atoms with Crippen LogP contribution in [0.4, 0.5) is 5.69 Å². The first-order valence-electron chi connectivity index (χ1n) is 9.31. The van der Waals surface area contributed by atoms with E-state index in [2.05, 4.69) is 0 Å². The summed E-state index contributed by atoms with van der Waals surface area (Å²) in [7, 11) is -3.58. The molecule has 28 heavy (non-hydrogen) atoms. The van der Waals surface area contributed by atoms with Crippen molar-refractivity contribution in [1.82, 2.24) is 4.31 Å². The van der Waals surface area contributed by atoms with Crippen LogP contribution in [0.5, 0.6) is 0 Å². The first kappa shape index (κ1) is 20.1. The number of rotatable bonds is 5. The van der Waals surface area contributed by atoms with E-state index in [1.54, 1.807) is 28.6 Å². The van der Waals surface area contributed by atoms with Gasteiger partial charge in [-0.15, -0.1) is 0 Å². The molecule has 2 aromatic carbocycles. The molecule has 1 fully saturated rings. The van der Waals surface area contributed by atoms with Gasteiger partial charge in [0.2, 0.25) is 10.0 Å². The zero-order valence-corrected chi connectivity index (χ0v) is 16.6. The van der Waals surface area contributed by atoms with Crippen LogP contribution in [0.15, 0.2) is 59.5 Å².